The number of aromatic nitrogens is 4. The van der Waals surface area contributed by atoms with E-state index in [4.69, 9.17) is 31.8 Å². The molecule has 7 rings (SSSR count). The van der Waals surface area contributed by atoms with E-state index in [1.807, 2.05) is 4.90 Å². The van der Waals surface area contributed by atoms with E-state index in [1.165, 1.54) is 11.8 Å². The monoisotopic (exact) mass is 760 g/mol. The molecular weight excluding hydrogens is 723 g/mol. The van der Waals surface area contributed by atoms with Crippen molar-refractivity contribution < 1.29 is 36.2 Å². The third-order valence-electron chi connectivity index (χ3n) is 10.4. The van der Waals surface area contributed by atoms with Gasteiger partial charge >= 0.3 is 12.2 Å². The second-order valence-electron chi connectivity index (χ2n) is 14.1. The van der Waals surface area contributed by atoms with Crippen LogP contribution in [0.4, 0.5) is 33.5 Å². The Morgan fingerprint density at radius 1 is 1.17 bits per heavy atom. The summed E-state index contributed by atoms with van der Waals surface area (Å²) in [6.07, 6.45) is -3.89. The predicted octanol–water partition coefficient (Wildman–Crippen LogP) is 5.68. The molecule has 4 aliphatic rings. The van der Waals surface area contributed by atoms with Crippen LogP contribution in [0.5, 0.6) is 6.01 Å². The summed E-state index contributed by atoms with van der Waals surface area (Å²) in [7, 11) is 3.20. The summed E-state index contributed by atoms with van der Waals surface area (Å²) in [4.78, 5) is 28.0. The third kappa shape index (κ3) is 6.46. The Balaban J connectivity index is 1.31. The number of alkyl halides is 3. The zero-order valence-corrected chi connectivity index (χ0v) is 30.2. The lowest BCUT2D eigenvalue weighted by molar-refractivity contribution is -0.140. The fourth-order valence-electron chi connectivity index (χ4n) is 7.97. The molecule has 2 saturated heterocycles. The highest BCUT2D eigenvalue weighted by Gasteiger charge is 2.47. The SMILES string of the molecule is C=C1CN2CCCC2(COc2nc3c(c(N4CCCn5nc(C(=O)N(C)C)c(Cl)c5C4)n2)COC(c2c(F)c(N)c(F)c(C#CC)c2C(F)(F)F)C3)C1. The summed E-state index contributed by atoms with van der Waals surface area (Å²) in [6.45, 7) is 8.11. The number of nitrogen functional groups attached to an aromatic ring is 1. The van der Waals surface area contributed by atoms with E-state index in [-0.39, 0.29) is 60.0 Å². The van der Waals surface area contributed by atoms with Gasteiger partial charge in [-0.15, -0.1) is 5.92 Å². The number of carbonyl (C=O) groups excluding carboxylic acids is 1. The number of fused-ring (bicyclic) bond motifs is 3. The van der Waals surface area contributed by atoms with Gasteiger partial charge in [0, 0.05) is 51.3 Å². The second-order valence-corrected chi connectivity index (χ2v) is 14.5. The quantitative estimate of drug-likeness (QED) is 0.147. The topological polar surface area (TPSA) is 115 Å². The van der Waals surface area contributed by atoms with E-state index >= 15 is 8.78 Å². The van der Waals surface area contributed by atoms with Crippen molar-refractivity contribution in [2.45, 2.75) is 76.5 Å². The summed E-state index contributed by atoms with van der Waals surface area (Å²) >= 11 is 6.75. The van der Waals surface area contributed by atoms with E-state index in [0.29, 0.717) is 36.6 Å². The fourth-order valence-corrected chi connectivity index (χ4v) is 8.24. The molecule has 11 nitrogen and oxygen atoms in total. The number of benzene rings is 1. The number of ether oxygens (including phenoxy) is 2. The molecule has 2 N–H and O–H groups in total. The molecule has 0 bridgehead atoms. The molecule has 2 aromatic heterocycles. The minimum Gasteiger partial charge on any atom is -0.461 e. The molecule has 2 atom stereocenters. The average Bonchev–Trinajstić information content (AvgIpc) is 3.68. The van der Waals surface area contributed by atoms with Crippen LogP contribution in [0.15, 0.2) is 12.2 Å². The maximum Gasteiger partial charge on any atom is 0.418 e. The molecule has 0 saturated carbocycles. The number of anilines is 2. The zero-order chi connectivity index (χ0) is 38.0. The first-order chi connectivity index (χ1) is 25.1. The van der Waals surface area contributed by atoms with Gasteiger partial charge in [-0.05, 0) is 39.2 Å². The highest BCUT2D eigenvalue weighted by molar-refractivity contribution is 6.34. The van der Waals surface area contributed by atoms with Gasteiger partial charge in [-0.2, -0.15) is 28.2 Å². The number of rotatable bonds is 6. The van der Waals surface area contributed by atoms with E-state index in [9.17, 15) is 18.0 Å². The number of hydrogen-bond acceptors (Lipinski definition) is 9. The van der Waals surface area contributed by atoms with Gasteiger partial charge < -0.3 is 25.0 Å². The van der Waals surface area contributed by atoms with Crippen LogP contribution in [0, 0.1) is 23.5 Å². The van der Waals surface area contributed by atoms with Crippen LogP contribution < -0.4 is 15.4 Å². The van der Waals surface area contributed by atoms with Crippen molar-refractivity contribution in [2.24, 2.45) is 0 Å². The van der Waals surface area contributed by atoms with Gasteiger partial charge in [0.05, 0.1) is 52.3 Å². The summed E-state index contributed by atoms with van der Waals surface area (Å²) in [5, 5.41) is 4.68. The molecule has 2 unspecified atom stereocenters. The lowest BCUT2D eigenvalue weighted by Crippen LogP contribution is -2.43. The van der Waals surface area contributed by atoms with Gasteiger partial charge in [0.2, 0.25) is 0 Å². The molecule has 0 radical (unpaired) electrons. The Bertz CT molecular complexity index is 2080. The van der Waals surface area contributed by atoms with E-state index in [0.717, 1.165) is 37.9 Å². The van der Waals surface area contributed by atoms with Crippen molar-refractivity contribution in [1.82, 2.24) is 29.5 Å². The first kappa shape index (κ1) is 36.9. The second kappa shape index (κ2) is 13.7. The van der Waals surface area contributed by atoms with Crippen LogP contribution in [0.3, 0.4) is 0 Å². The molecule has 0 spiro atoms. The van der Waals surface area contributed by atoms with Crippen LogP contribution in [0.1, 0.15) is 82.8 Å². The van der Waals surface area contributed by atoms with Gasteiger partial charge in [-0.1, -0.05) is 29.7 Å². The van der Waals surface area contributed by atoms with Gasteiger partial charge in [0.15, 0.2) is 17.3 Å². The highest BCUT2D eigenvalue weighted by Crippen LogP contribution is 2.46. The fraction of sp³-hybridized carbons (Fsp3) is 0.500. The number of aryl methyl sites for hydroxylation is 1. The minimum absolute atomic E-state index is 0.0156. The van der Waals surface area contributed by atoms with E-state index in [2.05, 4.69) is 33.4 Å². The number of carbonyl (C=O) groups is 1. The van der Waals surface area contributed by atoms with Gasteiger partial charge in [-0.3, -0.25) is 14.4 Å². The Hall–Kier alpha value is -4.46. The molecule has 4 aliphatic heterocycles. The average molecular weight is 761 g/mol. The number of nitrogens with zero attached hydrogens (tertiary/aromatic N) is 7. The van der Waals surface area contributed by atoms with Crippen molar-refractivity contribution in [3.8, 4) is 17.9 Å². The van der Waals surface area contributed by atoms with Crippen LogP contribution in [-0.4, -0.2) is 81.3 Å². The Morgan fingerprint density at radius 3 is 2.66 bits per heavy atom. The van der Waals surface area contributed by atoms with Crippen molar-refractivity contribution in [3.05, 3.63) is 68.1 Å². The first-order valence-electron chi connectivity index (χ1n) is 17.2. The number of amides is 1. The smallest absolute Gasteiger partial charge is 0.418 e. The van der Waals surface area contributed by atoms with E-state index in [1.54, 1.807) is 18.8 Å². The van der Waals surface area contributed by atoms with Gasteiger partial charge in [0.25, 0.3) is 5.91 Å². The molecule has 1 aromatic carbocycles. The van der Waals surface area contributed by atoms with Gasteiger partial charge in [-0.25, -0.2) is 8.78 Å². The predicted molar refractivity (Wildman–Crippen MR) is 185 cm³/mol. The molecule has 0 aliphatic carbocycles. The summed E-state index contributed by atoms with van der Waals surface area (Å²) in [5.41, 5.74) is 3.22. The standard InChI is InChI=1S/C36H38ClF5N8O3/c1-5-8-20-26(36(40,41)42)25(29(39)30(43)28(20)38)24-13-22-21(17-52-24)32(45-34(44-22)53-18-35-9-6-11-49(35)15-19(2)14-35)48-10-7-12-50-23(16-48)27(37)31(46-50)33(51)47(3)4/h24H,2,6-7,9-18,43H2,1,3-4H3. The Morgan fingerprint density at radius 2 is 1.94 bits per heavy atom. The summed E-state index contributed by atoms with van der Waals surface area (Å²) in [6, 6.07) is -0.0156. The molecular formula is C36H38ClF5N8O3. The molecule has 3 aromatic rings. The van der Waals surface area contributed by atoms with Gasteiger partial charge in [0.1, 0.15) is 18.1 Å². The van der Waals surface area contributed by atoms with Crippen LogP contribution in [0.2, 0.25) is 5.02 Å². The maximum atomic E-state index is 15.7. The largest absolute Gasteiger partial charge is 0.461 e. The van der Waals surface area contributed by atoms with Crippen molar-refractivity contribution in [1.29, 1.82) is 0 Å². The lowest BCUT2D eigenvalue weighted by atomic mass is 9.90. The Kier molecular flexibility index (Phi) is 9.57. The highest BCUT2D eigenvalue weighted by atomic mass is 35.5. The molecule has 2 fully saturated rings. The van der Waals surface area contributed by atoms with Crippen LogP contribution >= 0.6 is 11.6 Å². The van der Waals surface area contributed by atoms with E-state index < -0.39 is 46.3 Å². The maximum absolute atomic E-state index is 15.7. The molecule has 282 valence electrons. The lowest BCUT2D eigenvalue weighted by Gasteiger charge is -2.33. The minimum atomic E-state index is -5.20. The zero-order valence-electron chi connectivity index (χ0n) is 29.5. The summed E-state index contributed by atoms with van der Waals surface area (Å²) < 4.78 is 88.6. The molecule has 17 heteroatoms. The van der Waals surface area contributed by atoms with Crippen molar-refractivity contribution >= 4 is 29.0 Å². The van der Waals surface area contributed by atoms with Crippen molar-refractivity contribution in [2.75, 3.05) is 51.0 Å². The molecule has 1 amide bonds. The van der Waals surface area contributed by atoms with Crippen LogP contribution in [0.25, 0.3) is 0 Å². The normalized spacial score (nSPS) is 21.4. The molecule has 53 heavy (non-hydrogen) atoms. The number of halogens is 6. The number of nitrogens with two attached hydrogens (primary N) is 1. The van der Waals surface area contributed by atoms with Crippen molar-refractivity contribution in [3.63, 3.8) is 0 Å². The summed E-state index contributed by atoms with van der Waals surface area (Å²) in [5.74, 6) is 1.26. The van der Waals surface area contributed by atoms with Crippen LogP contribution in [-0.2, 0) is 37.0 Å². The third-order valence-corrected chi connectivity index (χ3v) is 10.8. The Labute approximate surface area is 307 Å². The molecule has 6 heterocycles. The first-order valence-corrected chi connectivity index (χ1v) is 17.6. The number of hydrogen-bond donors (Lipinski definition) is 1.